The molecule has 7 nitrogen and oxygen atoms in total. The van der Waals surface area contributed by atoms with Gasteiger partial charge in [0.05, 0.1) is 21.9 Å². The van der Waals surface area contributed by atoms with Crippen molar-refractivity contribution in [1.29, 1.82) is 0 Å². The van der Waals surface area contributed by atoms with Crippen LogP contribution in [0.4, 0.5) is 32.0 Å². The summed E-state index contributed by atoms with van der Waals surface area (Å²) in [5.41, 5.74) is -5.83. The summed E-state index contributed by atoms with van der Waals surface area (Å²) in [7, 11) is -9.68. The van der Waals surface area contributed by atoms with Crippen LogP contribution in [0, 0.1) is 0 Å². The molecule has 0 amide bonds. The molecule has 0 unspecified atom stereocenters. The maximum atomic E-state index is 12.6. The monoisotopic (exact) mass is 545 g/mol. The van der Waals surface area contributed by atoms with E-state index in [-0.39, 0.29) is 15.6 Å². The number of benzene rings is 2. The number of hydrogen-bond donors (Lipinski definition) is 2. The molecule has 0 saturated heterocycles. The SMILES string of the molecule is O=S(=O)(Nc1ccc(-c2cnc(CNS(=O)(=O)C(F)(F)F)s2)cc1)c1ccc(C(F)(F)F)cc1. The van der Waals surface area contributed by atoms with E-state index in [0.29, 0.717) is 22.6 Å². The lowest BCUT2D eigenvalue weighted by atomic mass is 10.2. The minimum Gasteiger partial charge on any atom is -0.280 e. The number of anilines is 1. The minimum absolute atomic E-state index is 0.0647. The molecule has 0 spiro atoms. The highest BCUT2D eigenvalue weighted by atomic mass is 32.2. The van der Waals surface area contributed by atoms with Crippen LogP contribution in [0.25, 0.3) is 10.4 Å². The maximum Gasteiger partial charge on any atom is 0.511 e. The Morgan fingerprint density at radius 1 is 0.853 bits per heavy atom. The van der Waals surface area contributed by atoms with Gasteiger partial charge in [-0.15, -0.1) is 11.3 Å². The normalized spacial score (nSPS) is 13.1. The van der Waals surface area contributed by atoms with E-state index in [1.807, 2.05) is 0 Å². The van der Waals surface area contributed by atoms with E-state index in [2.05, 4.69) is 9.71 Å². The van der Waals surface area contributed by atoms with Crippen LogP contribution in [0.3, 0.4) is 0 Å². The van der Waals surface area contributed by atoms with Crippen molar-refractivity contribution in [1.82, 2.24) is 9.71 Å². The molecule has 0 fully saturated rings. The summed E-state index contributed by atoms with van der Waals surface area (Å²) in [6, 6.07) is 8.62. The van der Waals surface area contributed by atoms with E-state index in [1.54, 1.807) is 0 Å². The third kappa shape index (κ3) is 6.05. The Bertz CT molecular complexity index is 1370. The predicted octanol–water partition coefficient (Wildman–Crippen LogP) is 4.57. The Hall–Kier alpha value is -2.69. The first-order chi connectivity index (χ1) is 15.6. The number of aromatic nitrogens is 1. The fourth-order valence-corrected chi connectivity index (χ4v) is 5.01. The number of sulfonamides is 2. The Morgan fingerprint density at radius 2 is 1.44 bits per heavy atom. The van der Waals surface area contributed by atoms with E-state index in [9.17, 15) is 43.2 Å². The number of hydrogen-bond acceptors (Lipinski definition) is 6. The zero-order valence-electron chi connectivity index (χ0n) is 16.5. The van der Waals surface area contributed by atoms with Gasteiger partial charge in [0.1, 0.15) is 5.01 Å². The first-order valence-electron chi connectivity index (χ1n) is 8.90. The molecule has 3 rings (SSSR count). The lowest BCUT2D eigenvalue weighted by molar-refractivity contribution is -0.137. The summed E-state index contributed by atoms with van der Waals surface area (Å²) in [4.78, 5) is 3.95. The van der Waals surface area contributed by atoms with Crippen LogP contribution in [-0.4, -0.2) is 27.3 Å². The molecule has 0 aliphatic carbocycles. The molecule has 0 saturated carbocycles. The fraction of sp³-hybridized carbons (Fsp3) is 0.167. The average Bonchev–Trinajstić information content (AvgIpc) is 3.20. The van der Waals surface area contributed by atoms with Gasteiger partial charge in [-0.2, -0.15) is 26.3 Å². The second-order valence-electron chi connectivity index (χ2n) is 6.59. The topological polar surface area (TPSA) is 105 Å². The van der Waals surface area contributed by atoms with Crippen molar-refractivity contribution in [2.75, 3.05) is 4.72 Å². The molecular formula is C18H13F6N3O4S3. The van der Waals surface area contributed by atoms with Crippen LogP contribution in [0.15, 0.2) is 59.6 Å². The van der Waals surface area contributed by atoms with E-state index in [4.69, 9.17) is 0 Å². The molecule has 0 aliphatic heterocycles. The van der Waals surface area contributed by atoms with E-state index >= 15 is 0 Å². The van der Waals surface area contributed by atoms with Crippen LogP contribution in [0.2, 0.25) is 0 Å². The smallest absolute Gasteiger partial charge is 0.280 e. The summed E-state index contributed by atoms with van der Waals surface area (Å²) in [5, 5.41) is 0.0647. The van der Waals surface area contributed by atoms with Crippen LogP contribution in [0.1, 0.15) is 10.6 Å². The second kappa shape index (κ2) is 9.16. The highest BCUT2D eigenvalue weighted by Gasteiger charge is 2.45. The average molecular weight is 546 g/mol. The summed E-state index contributed by atoms with van der Waals surface area (Å²) in [6.07, 6.45) is -3.30. The van der Waals surface area contributed by atoms with Gasteiger partial charge in [0, 0.05) is 11.9 Å². The van der Waals surface area contributed by atoms with E-state index < -0.39 is 43.8 Å². The van der Waals surface area contributed by atoms with Crippen LogP contribution in [-0.2, 0) is 32.8 Å². The Morgan fingerprint density at radius 3 is 1.97 bits per heavy atom. The Kier molecular flexibility index (Phi) is 6.99. The second-order valence-corrected chi connectivity index (χ2v) is 11.1. The molecular weight excluding hydrogens is 532 g/mol. The number of thiazole rings is 1. The molecule has 2 N–H and O–H groups in total. The van der Waals surface area contributed by atoms with Crippen LogP contribution < -0.4 is 9.44 Å². The molecule has 0 radical (unpaired) electrons. The summed E-state index contributed by atoms with van der Waals surface area (Å²) < 4.78 is 126. The third-order valence-electron chi connectivity index (χ3n) is 4.19. The van der Waals surface area contributed by atoms with Crippen molar-refractivity contribution < 1.29 is 43.2 Å². The molecule has 1 aromatic heterocycles. The van der Waals surface area contributed by atoms with E-state index in [0.717, 1.165) is 23.5 Å². The number of halogens is 6. The standard InChI is InChI=1S/C18H13F6N3O4S3/c19-17(20,21)12-3-7-14(8-4-12)33(28,29)27-13-5-1-11(2-6-13)15-9-25-16(32-15)10-26-34(30,31)18(22,23)24/h1-9,26-27H,10H2. The quantitative estimate of drug-likeness (QED) is 0.424. The molecule has 16 heteroatoms. The molecule has 2 aromatic carbocycles. The van der Waals surface area contributed by atoms with Crippen molar-refractivity contribution >= 4 is 37.1 Å². The van der Waals surface area contributed by atoms with E-state index in [1.165, 1.54) is 35.2 Å². The molecule has 0 bridgehead atoms. The van der Waals surface area contributed by atoms with Crippen molar-refractivity contribution in [3.63, 3.8) is 0 Å². The predicted molar refractivity (Wildman–Crippen MR) is 112 cm³/mol. The van der Waals surface area contributed by atoms with Gasteiger partial charge in [-0.3, -0.25) is 4.72 Å². The van der Waals surface area contributed by atoms with Crippen molar-refractivity contribution in [3.05, 3.63) is 65.3 Å². The Balaban J connectivity index is 1.69. The first-order valence-corrected chi connectivity index (χ1v) is 12.7. The van der Waals surface area contributed by atoms with Gasteiger partial charge in [-0.05, 0) is 42.0 Å². The van der Waals surface area contributed by atoms with Crippen LogP contribution >= 0.6 is 11.3 Å². The summed E-state index contributed by atoms with van der Waals surface area (Å²) in [5.74, 6) is 0. The zero-order chi connectivity index (χ0) is 25.4. The number of nitrogens with one attached hydrogen (secondary N) is 2. The Labute approximate surface area is 193 Å². The van der Waals surface area contributed by atoms with Gasteiger partial charge in [-0.25, -0.2) is 26.5 Å². The minimum atomic E-state index is -5.51. The van der Waals surface area contributed by atoms with Gasteiger partial charge >= 0.3 is 21.7 Å². The van der Waals surface area contributed by atoms with Gasteiger partial charge in [-0.1, -0.05) is 12.1 Å². The van der Waals surface area contributed by atoms with Crippen LogP contribution in [0.5, 0.6) is 0 Å². The molecule has 184 valence electrons. The van der Waals surface area contributed by atoms with Gasteiger partial charge < -0.3 is 0 Å². The summed E-state index contributed by atoms with van der Waals surface area (Å²) in [6.45, 7) is -0.669. The summed E-state index contributed by atoms with van der Waals surface area (Å²) >= 11 is 0.920. The lowest BCUT2D eigenvalue weighted by Crippen LogP contribution is -2.35. The number of nitrogens with zero attached hydrogens (tertiary/aromatic N) is 1. The van der Waals surface area contributed by atoms with Crippen molar-refractivity contribution in [2.24, 2.45) is 0 Å². The highest BCUT2D eigenvalue weighted by Crippen LogP contribution is 2.31. The third-order valence-corrected chi connectivity index (χ3v) is 7.76. The number of alkyl halides is 6. The molecule has 0 aliphatic rings. The van der Waals surface area contributed by atoms with Crippen molar-refractivity contribution in [2.45, 2.75) is 23.1 Å². The molecule has 1 heterocycles. The van der Waals surface area contributed by atoms with Gasteiger partial charge in [0.15, 0.2) is 0 Å². The molecule has 3 aromatic rings. The van der Waals surface area contributed by atoms with Gasteiger partial charge in [0.25, 0.3) is 10.0 Å². The lowest BCUT2D eigenvalue weighted by Gasteiger charge is -2.10. The zero-order valence-corrected chi connectivity index (χ0v) is 18.9. The molecule has 34 heavy (non-hydrogen) atoms. The van der Waals surface area contributed by atoms with Crippen molar-refractivity contribution in [3.8, 4) is 10.4 Å². The maximum absolute atomic E-state index is 12.6. The fourth-order valence-electron chi connectivity index (χ4n) is 2.50. The first kappa shape index (κ1) is 25.9. The molecule has 0 atom stereocenters. The number of rotatable bonds is 7. The highest BCUT2D eigenvalue weighted by molar-refractivity contribution is 7.92. The largest absolute Gasteiger partial charge is 0.511 e. The van der Waals surface area contributed by atoms with Gasteiger partial charge in [0.2, 0.25) is 0 Å².